The number of methoxy groups -OCH3 is 1. The fourth-order valence-electron chi connectivity index (χ4n) is 1.38. The van der Waals surface area contributed by atoms with Gasteiger partial charge in [0.1, 0.15) is 0 Å². The highest BCUT2D eigenvalue weighted by molar-refractivity contribution is 5.84. The van der Waals surface area contributed by atoms with Crippen molar-refractivity contribution in [1.29, 1.82) is 0 Å². The molecule has 0 bridgehead atoms. The number of rotatable bonds is 5. The lowest BCUT2D eigenvalue weighted by Gasteiger charge is -2.09. The molecule has 112 valence electrons. The lowest BCUT2D eigenvalue weighted by atomic mass is 10.2. The van der Waals surface area contributed by atoms with Crippen molar-refractivity contribution in [3.63, 3.8) is 0 Å². The van der Waals surface area contributed by atoms with Crippen LogP contribution in [0, 0.1) is 10.1 Å². The Morgan fingerprint density at radius 2 is 1.95 bits per heavy atom. The second-order valence-corrected chi connectivity index (χ2v) is 3.74. The molecule has 0 atom stereocenters. The first kappa shape index (κ1) is 16.1. The summed E-state index contributed by atoms with van der Waals surface area (Å²) >= 11 is 0. The van der Waals surface area contributed by atoms with E-state index in [0.717, 1.165) is 26.1 Å². The van der Waals surface area contributed by atoms with Crippen LogP contribution in [-0.4, -0.2) is 30.2 Å². The van der Waals surface area contributed by atoms with E-state index in [1.165, 1.54) is 13.2 Å². The van der Waals surface area contributed by atoms with Gasteiger partial charge in [-0.15, -0.1) is 0 Å². The highest BCUT2D eigenvalue weighted by Gasteiger charge is 2.23. The van der Waals surface area contributed by atoms with E-state index in [0.29, 0.717) is 0 Å². The Kier molecular flexibility index (Phi) is 5.35. The quantitative estimate of drug-likeness (QED) is 0.201. The largest absolute Gasteiger partial charge is 0.493 e. The number of hydrogen-bond acceptors (Lipinski definition) is 8. The number of carbonyl (C=O) groups is 2. The van der Waals surface area contributed by atoms with E-state index in [1.54, 1.807) is 0 Å². The Balaban J connectivity index is 3.29. The standard InChI is InChI=1S/C12H12N2O7/c1-7(15)20-12-10(14(17)18)4-9(5-11(12)19-3)6-13-21-8(2)16/h4-6H,1-3H3/b13-6-. The van der Waals surface area contributed by atoms with Gasteiger partial charge in [-0.05, 0) is 6.07 Å². The molecule has 21 heavy (non-hydrogen) atoms. The van der Waals surface area contributed by atoms with E-state index in [1.807, 2.05) is 0 Å². The molecule has 1 aromatic carbocycles. The van der Waals surface area contributed by atoms with Gasteiger partial charge in [0.05, 0.1) is 18.2 Å². The molecule has 0 fully saturated rings. The number of hydrogen-bond donors (Lipinski definition) is 0. The van der Waals surface area contributed by atoms with Gasteiger partial charge in [0.25, 0.3) is 0 Å². The third-order valence-corrected chi connectivity index (χ3v) is 2.10. The maximum atomic E-state index is 11.0. The molecule has 1 aromatic rings. The van der Waals surface area contributed by atoms with Crippen LogP contribution in [0.3, 0.4) is 0 Å². The highest BCUT2D eigenvalue weighted by atomic mass is 16.7. The van der Waals surface area contributed by atoms with Crippen LogP contribution in [-0.2, 0) is 14.4 Å². The van der Waals surface area contributed by atoms with Gasteiger partial charge in [0, 0.05) is 25.5 Å². The fraction of sp³-hybridized carbons (Fsp3) is 0.250. The molecule has 0 spiro atoms. The molecule has 0 unspecified atom stereocenters. The number of benzene rings is 1. The number of esters is 1. The molecule has 1 rings (SSSR count). The van der Waals surface area contributed by atoms with Gasteiger partial charge in [-0.25, -0.2) is 4.79 Å². The number of carbonyl (C=O) groups excluding carboxylic acids is 2. The molecular formula is C12H12N2O7. The molecule has 0 aromatic heterocycles. The molecule has 0 aliphatic rings. The molecule has 9 nitrogen and oxygen atoms in total. The molecule has 9 heteroatoms. The van der Waals surface area contributed by atoms with E-state index in [9.17, 15) is 19.7 Å². The maximum Gasteiger partial charge on any atom is 0.331 e. The second-order valence-electron chi connectivity index (χ2n) is 3.74. The van der Waals surface area contributed by atoms with Crippen LogP contribution < -0.4 is 9.47 Å². The molecule has 0 saturated carbocycles. The predicted molar refractivity (Wildman–Crippen MR) is 70.3 cm³/mol. The minimum absolute atomic E-state index is 0.0244. The molecule has 0 N–H and O–H groups in total. The van der Waals surface area contributed by atoms with Gasteiger partial charge in [0.15, 0.2) is 5.75 Å². The first-order chi connectivity index (χ1) is 9.85. The average Bonchev–Trinajstić information content (AvgIpc) is 2.38. The molecule has 0 saturated heterocycles. The topological polar surface area (TPSA) is 117 Å². The predicted octanol–water partition coefficient (Wildman–Crippen LogP) is 1.43. The minimum Gasteiger partial charge on any atom is -0.493 e. The molecule has 0 radical (unpaired) electrons. The zero-order valence-corrected chi connectivity index (χ0v) is 11.5. The summed E-state index contributed by atoms with van der Waals surface area (Å²) in [6.07, 6.45) is 1.09. The lowest BCUT2D eigenvalue weighted by molar-refractivity contribution is -0.385. The smallest absolute Gasteiger partial charge is 0.331 e. The van der Waals surface area contributed by atoms with Crippen molar-refractivity contribution in [2.45, 2.75) is 13.8 Å². The zero-order chi connectivity index (χ0) is 16.0. The first-order valence-electron chi connectivity index (χ1n) is 5.61. The Bertz CT molecular complexity index is 610. The second kappa shape index (κ2) is 6.98. The van der Waals surface area contributed by atoms with Crippen LogP contribution in [0.4, 0.5) is 5.69 Å². The van der Waals surface area contributed by atoms with Crippen LogP contribution in [0.2, 0.25) is 0 Å². The van der Waals surface area contributed by atoms with Crippen molar-refractivity contribution < 1.29 is 28.8 Å². The van der Waals surface area contributed by atoms with Crippen molar-refractivity contribution in [2.24, 2.45) is 5.16 Å². The Morgan fingerprint density at radius 1 is 1.29 bits per heavy atom. The van der Waals surface area contributed by atoms with E-state index < -0.39 is 22.5 Å². The van der Waals surface area contributed by atoms with E-state index in [-0.39, 0.29) is 17.1 Å². The Morgan fingerprint density at radius 3 is 2.43 bits per heavy atom. The third-order valence-electron chi connectivity index (χ3n) is 2.10. The lowest BCUT2D eigenvalue weighted by Crippen LogP contribution is -2.06. The number of nitro benzene ring substituents is 1. The summed E-state index contributed by atoms with van der Waals surface area (Å²) in [5.41, 5.74) is -0.246. The summed E-state index contributed by atoms with van der Waals surface area (Å²) in [5, 5.41) is 14.4. The first-order valence-corrected chi connectivity index (χ1v) is 5.61. The van der Waals surface area contributed by atoms with Crippen LogP contribution in [0.1, 0.15) is 19.4 Å². The fourth-order valence-corrected chi connectivity index (χ4v) is 1.38. The van der Waals surface area contributed by atoms with E-state index in [4.69, 9.17) is 9.47 Å². The van der Waals surface area contributed by atoms with Gasteiger partial charge < -0.3 is 14.3 Å². The number of nitrogens with zero attached hydrogens (tertiary/aromatic N) is 2. The summed E-state index contributed by atoms with van der Waals surface area (Å²) in [6, 6.07) is 2.45. The van der Waals surface area contributed by atoms with Crippen LogP contribution in [0.25, 0.3) is 0 Å². The third kappa shape index (κ3) is 4.56. The highest BCUT2D eigenvalue weighted by Crippen LogP contribution is 2.38. The summed E-state index contributed by atoms with van der Waals surface area (Å²) in [5.74, 6) is -1.69. The average molecular weight is 296 g/mol. The van der Waals surface area contributed by atoms with Crippen molar-refractivity contribution in [3.8, 4) is 11.5 Å². The van der Waals surface area contributed by atoms with Crippen LogP contribution >= 0.6 is 0 Å². The van der Waals surface area contributed by atoms with E-state index >= 15 is 0 Å². The van der Waals surface area contributed by atoms with Crippen LogP contribution in [0.5, 0.6) is 11.5 Å². The van der Waals surface area contributed by atoms with Crippen molar-refractivity contribution in [3.05, 3.63) is 27.8 Å². The van der Waals surface area contributed by atoms with Gasteiger partial charge in [-0.3, -0.25) is 14.9 Å². The molecule has 0 aliphatic heterocycles. The normalized spacial score (nSPS) is 10.2. The van der Waals surface area contributed by atoms with Crippen molar-refractivity contribution in [2.75, 3.05) is 7.11 Å². The minimum atomic E-state index is -0.732. The monoisotopic (exact) mass is 296 g/mol. The maximum absolute atomic E-state index is 11.0. The van der Waals surface area contributed by atoms with E-state index in [2.05, 4.69) is 9.99 Å². The molecular weight excluding hydrogens is 284 g/mol. The number of oxime groups is 1. The Hall–Kier alpha value is -2.97. The van der Waals surface area contributed by atoms with Crippen molar-refractivity contribution in [1.82, 2.24) is 0 Å². The summed E-state index contributed by atoms with van der Waals surface area (Å²) in [6.45, 7) is 2.27. The molecule has 0 heterocycles. The summed E-state index contributed by atoms with van der Waals surface area (Å²) in [4.78, 5) is 36.2. The number of nitro groups is 1. The molecule has 0 amide bonds. The van der Waals surface area contributed by atoms with Crippen LogP contribution in [0.15, 0.2) is 17.3 Å². The SMILES string of the molecule is COc1cc(/C=N\OC(C)=O)cc([N+](=O)[O-])c1OC(C)=O. The van der Waals surface area contributed by atoms with Gasteiger partial charge >= 0.3 is 17.6 Å². The molecule has 0 aliphatic carbocycles. The summed E-state index contributed by atoms with van der Waals surface area (Å²) in [7, 11) is 1.26. The van der Waals surface area contributed by atoms with Gasteiger partial charge in [-0.1, -0.05) is 5.16 Å². The van der Waals surface area contributed by atoms with Gasteiger partial charge in [0.2, 0.25) is 5.75 Å². The summed E-state index contributed by atoms with van der Waals surface area (Å²) < 4.78 is 9.74. The van der Waals surface area contributed by atoms with Gasteiger partial charge in [-0.2, -0.15) is 0 Å². The number of ether oxygens (including phenoxy) is 2. The zero-order valence-electron chi connectivity index (χ0n) is 11.5. The van der Waals surface area contributed by atoms with Crippen molar-refractivity contribution >= 4 is 23.8 Å². The Labute approximate surface area is 119 Å².